The average Bonchev–Trinajstić information content (AvgIpc) is 2.75. The molecule has 156 valence electrons. The zero-order valence-electron chi connectivity index (χ0n) is 15.8. The van der Waals surface area contributed by atoms with Crippen LogP contribution in [-0.4, -0.2) is 21.2 Å². The number of halogens is 3. The molecule has 1 heterocycles. The summed E-state index contributed by atoms with van der Waals surface area (Å²) in [5.41, 5.74) is 0.847. The van der Waals surface area contributed by atoms with Crippen LogP contribution in [0.25, 0.3) is 16.6 Å². The fourth-order valence-electron chi connectivity index (χ4n) is 2.93. The molecule has 9 heteroatoms. The van der Waals surface area contributed by atoms with Crippen LogP contribution in [0.4, 0.5) is 10.1 Å². The molecule has 4 rings (SSSR count). The number of hydrogen-bond donors (Lipinski definition) is 1. The van der Waals surface area contributed by atoms with E-state index in [1.54, 1.807) is 48.5 Å². The molecule has 0 spiro atoms. The maximum atomic E-state index is 13.9. The third-order valence-corrected chi connectivity index (χ3v) is 5.79. The second-order valence-corrected chi connectivity index (χ2v) is 8.30. The molecule has 0 atom stereocenters. The molecular formula is C22H14Cl2FN3O2S. The van der Waals surface area contributed by atoms with Crippen LogP contribution in [0.3, 0.4) is 0 Å². The van der Waals surface area contributed by atoms with Gasteiger partial charge in [0.2, 0.25) is 5.91 Å². The van der Waals surface area contributed by atoms with Gasteiger partial charge in [-0.3, -0.25) is 14.2 Å². The number of aromatic nitrogens is 2. The van der Waals surface area contributed by atoms with Gasteiger partial charge in [0, 0.05) is 10.0 Å². The summed E-state index contributed by atoms with van der Waals surface area (Å²) in [5, 5.41) is 4.05. The van der Waals surface area contributed by atoms with Crippen LogP contribution < -0.4 is 10.9 Å². The fourth-order valence-corrected chi connectivity index (χ4v) is 4.03. The summed E-state index contributed by atoms with van der Waals surface area (Å²) in [4.78, 5) is 30.1. The first kappa shape index (κ1) is 21.4. The van der Waals surface area contributed by atoms with Gasteiger partial charge in [-0.2, -0.15) is 0 Å². The first-order chi connectivity index (χ1) is 14.9. The van der Waals surface area contributed by atoms with Crippen molar-refractivity contribution in [1.29, 1.82) is 0 Å². The number of benzene rings is 3. The van der Waals surface area contributed by atoms with Gasteiger partial charge in [-0.05, 0) is 54.6 Å². The largest absolute Gasteiger partial charge is 0.323 e. The third kappa shape index (κ3) is 4.74. The van der Waals surface area contributed by atoms with Gasteiger partial charge in [0.1, 0.15) is 5.82 Å². The molecule has 0 saturated heterocycles. The van der Waals surface area contributed by atoms with Crippen molar-refractivity contribution in [2.75, 3.05) is 11.1 Å². The van der Waals surface area contributed by atoms with Crippen LogP contribution in [0.1, 0.15) is 0 Å². The lowest BCUT2D eigenvalue weighted by atomic mass is 10.2. The minimum absolute atomic E-state index is 0.0246. The van der Waals surface area contributed by atoms with Crippen LogP contribution in [0.15, 0.2) is 76.7 Å². The van der Waals surface area contributed by atoms with Crippen LogP contribution in [0.2, 0.25) is 10.0 Å². The van der Waals surface area contributed by atoms with Gasteiger partial charge in [0.25, 0.3) is 5.56 Å². The van der Waals surface area contributed by atoms with E-state index in [1.165, 1.54) is 16.7 Å². The normalized spacial score (nSPS) is 10.9. The summed E-state index contributed by atoms with van der Waals surface area (Å²) >= 11 is 12.8. The Kier molecular flexibility index (Phi) is 6.27. The van der Waals surface area contributed by atoms with Crippen molar-refractivity contribution in [1.82, 2.24) is 9.55 Å². The van der Waals surface area contributed by atoms with Gasteiger partial charge in [-0.15, -0.1) is 0 Å². The van der Waals surface area contributed by atoms with Crippen molar-refractivity contribution in [2.24, 2.45) is 0 Å². The smallest absolute Gasteiger partial charge is 0.266 e. The van der Waals surface area contributed by atoms with Gasteiger partial charge in [0.15, 0.2) is 5.16 Å². The summed E-state index contributed by atoms with van der Waals surface area (Å²) in [6.45, 7) is 0. The zero-order chi connectivity index (χ0) is 22.0. The number of carbonyl (C=O) groups excluding carboxylic acids is 1. The molecule has 5 nitrogen and oxygen atoms in total. The zero-order valence-corrected chi connectivity index (χ0v) is 18.1. The van der Waals surface area contributed by atoms with Crippen LogP contribution in [0.5, 0.6) is 0 Å². The van der Waals surface area contributed by atoms with Crippen molar-refractivity contribution < 1.29 is 9.18 Å². The first-order valence-electron chi connectivity index (χ1n) is 9.08. The number of para-hydroxylation sites is 1. The van der Waals surface area contributed by atoms with Crippen LogP contribution in [-0.2, 0) is 4.79 Å². The lowest BCUT2D eigenvalue weighted by molar-refractivity contribution is -0.113. The molecule has 0 unspecified atom stereocenters. The van der Waals surface area contributed by atoms with E-state index in [0.717, 1.165) is 17.8 Å². The Balaban J connectivity index is 1.66. The van der Waals surface area contributed by atoms with E-state index in [2.05, 4.69) is 10.3 Å². The summed E-state index contributed by atoms with van der Waals surface area (Å²) in [7, 11) is 0. The number of thioether (sulfide) groups is 1. The van der Waals surface area contributed by atoms with Crippen molar-refractivity contribution in [3.8, 4) is 5.69 Å². The summed E-state index contributed by atoms with van der Waals surface area (Å²) < 4.78 is 15.4. The standard InChI is InChI=1S/C22H14Cl2FN3O2S/c23-13-5-8-15(9-6-13)28-21(30)16-3-1-2-4-18(16)27-22(28)31-12-20(29)26-19-10-7-14(24)11-17(19)25/h1-11H,12H2,(H,26,29). The van der Waals surface area contributed by atoms with Crippen LogP contribution >= 0.6 is 35.0 Å². The first-order valence-corrected chi connectivity index (χ1v) is 10.8. The molecule has 0 aliphatic heterocycles. The van der Waals surface area contributed by atoms with Gasteiger partial charge >= 0.3 is 0 Å². The molecule has 4 aromatic rings. The lowest BCUT2D eigenvalue weighted by Gasteiger charge is -2.13. The minimum atomic E-state index is -0.632. The molecule has 0 fully saturated rings. The monoisotopic (exact) mass is 473 g/mol. The molecule has 0 radical (unpaired) electrons. The van der Waals surface area contributed by atoms with Gasteiger partial charge in [-0.25, -0.2) is 9.37 Å². The van der Waals surface area contributed by atoms with E-state index in [4.69, 9.17) is 23.2 Å². The second-order valence-electron chi connectivity index (χ2n) is 6.49. The second kappa shape index (κ2) is 9.09. The third-order valence-electron chi connectivity index (χ3n) is 4.37. The van der Waals surface area contributed by atoms with E-state index in [-0.39, 0.29) is 22.0 Å². The maximum Gasteiger partial charge on any atom is 0.266 e. The van der Waals surface area contributed by atoms with Crippen molar-refractivity contribution >= 4 is 57.5 Å². The fraction of sp³-hybridized carbons (Fsp3) is 0.0455. The Morgan fingerprint density at radius 2 is 1.74 bits per heavy atom. The van der Waals surface area contributed by atoms with Crippen molar-refractivity contribution in [2.45, 2.75) is 5.16 Å². The molecule has 0 saturated carbocycles. The summed E-state index contributed by atoms with van der Waals surface area (Å²) in [5.74, 6) is -1.16. The van der Waals surface area contributed by atoms with Gasteiger partial charge in [-0.1, -0.05) is 47.1 Å². The van der Waals surface area contributed by atoms with Gasteiger partial charge < -0.3 is 5.32 Å². The molecule has 1 aromatic heterocycles. The molecule has 0 bridgehead atoms. The molecule has 0 aliphatic rings. The van der Waals surface area contributed by atoms with Crippen LogP contribution in [0, 0.1) is 5.82 Å². The van der Waals surface area contributed by atoms with E-state index < -0.39 is 11.7 Å². The molecular weight excluding hydrogens is 460 g/mol. The van der Waals surface area contributed by atoms with Gasteiger partial charge in [0.05, 0.1) is 28.0 Å². The quantitative estimate of drug-likeness (QED) is 0.304. The maximum absolute atomic E-state index is 13.9. The topological polar surface area (TPSA) is 64.0 Å². The Morgan fingerprint density at radius 1 is 1.03 bits per heavy atom. The highest BCUT2D eigenvalue weighted by atomic mass is 35.5. The molecule has 3 aromatic carbocycles. The Labute approximate surface area is 190 Å². The molecule has 31 heavy (non-hydrogen) atoms. The predicted molar refractivity (Wildman–Crippen MR) is 123 cm³/mol. The van der Waals surface area contributed by atoms with Crippen molar-refractivity contribution in [3.63, 3.8) is 0 Å². The number of anilines is 1. The lowest BCUT2D eigenvalue weighted by Crippen LogP contribution is -2.23. The highest BCUT2D eigenvalue weighted by Gasteiger charge is 2.15. The predicted octanol–water partition coefficient (Wildman–Crippen LogP) is 5.56. The number of nitrogens with one attached hydrogen (secondary N) is 1. The summed E-state index contributed by atoms with van der Waals surface area (Å²) in [6.07, 6.45) is 0. The van der Waals surface area contributed by atoms with E-state index in [0.29, 0.717) is 26.8 Å². The molecule has 1 amide bonds. The Hall–Kier alpha value is -2.87. The van der Waals surface area contributed by atoms with E-state index >= 15 is 0 Å². The molecule has 1 N–H and O–H groups in total. The van der Waals surface area contributed by atoms with E-state index in [9.17, 15) is 14.0 Å². The van der Waals surface area contributed by atoms with E-state index in [1.807, 2.05) is 0 Å². The Bertz CT molecular complexity index is 1340. The number of fused-ring (bicyclic) bond motifs is 1. The molecule has 0 aliphatic carbocycles. The van der Waals surface area contributed by atoms with Crippen molar-refractivity contribution in [3.05, 3.63) is 92.9 Å². The SMILES string of the molecule is O=C(CSc1nc2ccccc2c(=O)n1-c1ccc(Cl)cc1)Nc1ccc(Cl)cc1F. The summed E-state index contributed by atoms with van der Waals surface area (Å²) in [6, 6.07) is 17.7. The highest BCUT2D eigenvalue weighted by Crippen LogP contribution is 2.23. The minimum Gasteiger partial charge on any atom is -0.323 e. The highest BCUT2D eigenvalue weighted by molar-refractivity contribution is 7.99. The average molecular weight is 474 g/mol. The number of amides is 1. The Morgan fingerprint density at radius 3 is 2.48 bits per heavy atom. The number of carbonyl (C=O) groups is 1. The number of rotatable bonds is 5. The number of hydrogen-bond acceptors (Lipinski definition) is 4. The number of nitrogens with zero attached hydrogens (tertiary/aromatic N) is 2.